The summed E-state index contributed by atoms with van der Waals surface area (Å²) in [6, 6.07) is 5.77. The molecule has 0 saturated carbocycles. The van der Waals surface area contributed by atoms with Crippen LogP contribution in [0.3, 0.4) is 0 Å². The Kier molecular flexibility index (Phi) is 32.4. The minimum absolute atomic E-state index is 0.0330. The molecule has 9 atom stereocenters. The summed E-state index contributed by atoms with van der Waals surface area (Å²) in [6.45, 7) is 21.2. The SMILES string of the molecule is C=CC(=O)N(CCCCCC(=O)NC(C(=O)NC(CCCNC(N)=O)C(=O)Nc1ccc(COC(=O)N2CCCCC2C(=O)NC(C(=O)N(CCC)C(CC(OCCC)c2nc(C(=O)NC3Cc4ccc(O)cc4C(C(=O)OC)C3)cs2)C(C)C)C(C)CC)cc1)C(C)C)C(C)=O. The van der Waals surface area contributed by atoms with Crippen LogP contribution >= 0.6 is 11.3 Å². The molecule has 97 heavy (non-hydrogen) atoms. The van der Waals surface area contributed by atoms with Gasteiger partial charge in [0.2, 0.25) is 35.4 Å². The summed E-state index contributed by atoms with van der Waals surface area (Å²) in [7, 11) is 1.31. The number of phenols is 1. The molecule has 5 rings (SSSR count). The van der Waals surface area contributed by atoms with Crippen LogP contribution in [0.5, 0.6) is 5.75 Å². The van der Waals surface area contributed by atoms with Gasteiger partial charge in [0, 0.05) is 75.7 Å². The van der Waals surface area contributed by atoms with Crippen LogP contribution in [0.15, 0.2) is 60.5 Å². The monoisotopic (exact) mass is 1370 g/mol. The smallest absolute Gasteiger partial charge is 0.410 e. The number of ether oxygens (including phenoxy) is 3. The number of benzene rings is 2. The maximum Gasteiger partial charge on any atom is 0.410 e. The van der Waals surface area contributed by atoms with E-state index in [-0.39, 0.29) is 87.0 Å². The van der Waals surface area contributed by atoms with Crippen LogP contribution in [0.25, 0.3) is 0 Å². The van der Waals surface area contributed by atoms with Gasteiger partial charge < -0.3 is 61.9 Å². The van der Waals surface area contributed by atoms with Gasteiger partial charge in [0.25, 0.3) is 11.8 Å². The highest BCUT2D eigenvalue weighted by molar-refractivity contribution is 7.09. The average molecular weight is 1370 g/mol. The Morgan fingerprint density at radius 3 is 2.24 bits per heavy atom. The molecule has 2 aromatic carbocycles. The van der Waals surface area contributed by atoms with Crippen LogP contribution in [-0.4, -0.2) is 166 Å². The fourth-order valence-corrected chi connectivity index (χ4v) is 12.9. The van der Waals surface area contributed by atoms with Gasteiger partial charge in [-0.05, 0) is 135 Å². The first-order chi connectivity index (χ1) is 46.2. The van der Waals surface area contributed by atoms with Crippen molar-refractivity contribution in [1.82, 2.24) is 46.3 Å². The summed E-state index contributed by atoms with van der Waals surface area (Å²) in [5.41, 5.74) is 7.84. The highest BCUT2D eigenvalue weighted by Crippen LogP contribution is 2.36. The van der Waals surface area contributed by atoms with Crippen molar-refractivity contribution >= 4 is 82.4 Å². The fraction of sp³-hybridized carbons (Fsp3) is 0.600. The predicted octanol–water partition coefficient (Wildman–Crippen LogP) is 7.83. The van der Waals surface area contributed by atoms with E-state index in [0.29, 0.717) is 106 Å². The largest absolute Gasteiger partial charge is 0.508 e. The van der Waals surface area contributed by atoms with Gasteiger partial charge in [-0.15, -0.1) is 11.3 Å². The molecule has 9 N–H and O–H groups in total. The van der Waals surface area contributed by atoms with Crippen LogP contribution < -0.4 is 37.6 Å². The van der Waals surface area contributed by atoms with Crippen molar-refractivity contribution in [1.29, 1.82) is 0 Å². The van der Waals surface area contributed by atoms with E-state index < -0.39 is 108 Å². The van der Waals surface area contributed by atoms with E-state index in [0.717, 1.165) is 16.5 Å². The Hall–Kier alpha value is -8.46. The third-order valence-electron chi connectivity index (χ3n) is 17.6. The van der Waals surface area contributed by atoms with Gasteiger partial charge in [-0.1, -0.05) is 93.0 Å². The molecule has 1 saturated heterocycles. The minimum atomic E-state index is -1.11. The second-order valence-corrected chi connectivity index (χ2v) is 26.6. The maximum absolute atomic E-state index is 15.2. The summed E-state index contributed by atoms with van der Waals surface area (Å²) < 4.78 is 17.4. The van der Waals surface area contributed by atoms with E-state index in [9.17, 15) is 53.1 Å². The van der Waals surface area contributed by atoms with Crippen molar-refractivity contribution < 1.29 is 72.1 Å². The number of fused-ring (bicyclic) bond motifs is 1. The number of nitrogens with one attached hydrogen (secondary N) is 6. The van der Waals surface area contributed by atoms with Crippen LogP contribution in [0.2, 0.25) is 0 Å². The number of primary amides is 1. The normalized spacial score (nSPS) is 16.9. The van der Waals surface area contributed by atoms with Gasteiger partial charge in [-0.25, -0.2) is 14.6 Å². The Morgan fingerprint density at radius 2 is 1.60 bits per heavy atom. The van der Waals surface area contributed by atoms with E-state index in [1.165, 1.54) is 30.3 Å². The minimum Gasteiger partial charge on any atom is -0.508 e. The van der Waals surface area contributed by atoms with Crippen LogP contribution in [-0.2, 0) is 65.6 Å². The summed E-state index contributed by atoms with van der Waals surface area (Å²) in [4.78, 5) is 156. The number of piperidine rings is 1. The number of esters is 1. The molecular formula is C70H103N11O15S. The standard InChI is InChI=1S/C70H103N11O15S/c1-12-32-80(56(42(5)6)39-57(95-35-13-2)66-76-54(41-97-66)63(87)74-49-36-47-27-30-50(83)38-51(47)52(37-49)68(91)94-11)67(90)61(44(9)14-3)78-64(88)55-23-18-20-34-81(55)70(93)96-40-46-25-28-48(29-26-46)73-62(86)53(22-21-31-72-69(71)92)75-65(89)60(43(7)8)77-58(84)24-17-16-19-33-79(45(10)82)59(85)15-4/h15,25-30,38,41-44,49,52-53,55-57,60-61,83H,4,12-14,16-24,31-37,39-40H2,1-3,5-11H3,(H,73,86)(H,74,87)(H,75,89)(H,77,84)(H,78,88)(H3,71,72,92). The first kappa shape index (κ1) is 79.2. The molecule has 1 aliphatic carbocycles. The van der Waals surface area contributed by atoms with Crippen molar-refractivity contribution in [3.8, 4) is 5.75 Å². The van der Waals surface area contributed by atoms with E-state index in [1.807, 2.05) is 46.4 Å². The maximum atomic E-state index is 15.2. The summed E-state index contributed by atoms with van der Waals surface area (Å²) >= 11 is 1.29. The van der Waals surface area contributed by atoms with E-state index >= 15 is 4.79 Å². The number of carbonyl (C=O) groups is 11. The van der Waals surface area contributed by atoms with Crippen LogP contribution in [0.4, 0.5) is 15.3 Å². The number of methoxy groups -OCH3 is 1. The van der Waals surface area contributed by atoms with Crippen LogP contribution in [0.1, 0.15) is 196 Å². The lowest BCUT2D eigenvalue weighted by molar-refractivity contribution is -0.143. The highest BCUT2D eigenvalue weighted by atomic mass is 32.1. The van der Waals surface area contributed by atoms with Gasteiger partial charge in [-0.2, -0.15) is 0 Å². The highest BCUT2D eigenvalue weighted by Gasteiger charge is 2.41. The number of nitrogens with zero attached hydrogens (tertiary/aromatic N) is 4. The molecule has 2 aliphatic rings. The van der Waals surface area contributed by atoms with E-state index in [1.54, 1.807) is 61.7 Å². The molecule has 9 unspecified atom stereocenters. The van der Waals surface area contributed by atoms with Crippen molar-refractivity contribution in [2.24, 2.45) is 23.5 Å². The van der Waals surface area contributed by atoms with Crippen molar-refractivity contribution in [3.05, 3.63) is 87.9 Å². The summed E-state index contributed by atoms with van der Waals surface area (Å²) in [5.74, 6) is -5.55. The molecular weight excluding hydrogens is 1270 g/mol. The van der Waals surface area contributed by atoms with Gasteiger partial charge in [0.15, 0.2) is 0 Å². The van der Waals surface area contributed by atoms with Gasteiger partial charge in [0.1, 0.15) is 53.3 Å². The number of rotatable bonds is 37. The first-order valence-electron chi connectivity index (χ1n) is 34.0. The van der Waals surface area contributed by atoms with Crippen molar-refractivity contribution in [3.63, 3.8) is 0 Å². The van der Waals surface area contributed by atoms with Crippen molar-refractivity contribution in [2.75, 3.05) is 45.2 Å². The fourth-order valence-electron chi connectivity index (χ4n) is 12.1. The molecule has 27 heteroatoms. The Labute approximate surface area is 574 Å². The second kappa shape index (κ2) is 39.7. The Morgan fingerprint density at radius 1 is 0.866 bits per heavy atom. The number of aromatic nitrogens is 1. The average Bonchev–Trinajstić information content (AvgIpc) is 1.33. The zero-order valence-corrected chi connectivity index (χ0v) is 58.9. The summed E-state index contributed by atoms with van der Waals surface area (Å²) in [5, 5.41) is 29.4. The molecule has 534 valence electrons. The quantitative estimate of drug-likeness (QED) is 0.0155. The number of urea groups is 1. The molecule has 1 fully saturated rings. The first-order valence-corrected chi connectivity index (χ1v) is 34.9. The number of nitrogens with two attached hydrogens (primary N) is 1. The molecule has 0 spiro atoms. The summed E-state index contributed by atoms with van der Waals surface area (Å²) in [6.07, 6.45) is 6.11. The zero-order chi connectivity index (χ0) is 71.5. The second-order valence-electron chi connectivity index (χ2n) is 25.7. The predicted molar refractivity (Wildman–Crippen MR) is 366 cm³/mol. The number of imide groups is 1. The Bertz CT molecular complexity index is 3180. The number of thiazole rings is 1. The van der Waals surface area contributed by atoms with E-state index in [2.05, 4.69) is 38.5 Å². The number of hydrogen-bond donors (Lipinski definition) is 8. The number of aromatic hydroxyl groups is 1. The number of phenolic OH excluding ortho intramolecular Hbond substituents is 1. The third kappa shape index (κ3) is 23.9. The molecule has 11 amide bonds. The van der Waals surface area contributed by atoms with E-state index in [4.69, 9.17) is 24.9 Å². The lowest BCUT2D eigenvalue weighted by Crippen LogP contribution is -2.59. The number of amides is 11. The van der Waals surface area contributed by atoms with Gasteiger partial charge >= 0.3 is 18.1 Å². The zero-order valence-electron chi connectivity index (χ0n) is 58.0. The molecule has 1 aliphatic heterocycles. The number of hydrogen-bond acceptors (Lipinski definition) is 17. The van der Waals surface area contributed by atoms with Crippen molar-refractivity contribution in [2.45, 2.75) is 214 Å². The van der Waals surface area contributed by atoms with Gasteiger partial charge in [-0.3, -0.25) is 53.0 Å². The van der Waals surface area contributed by atoms with Crippen LogP contribution in [0, 0.1) is 17.8 Å². The number of anilines is 1. The third-order valence-corrected chi connectivity index (χ3v) is 18.5. The molecule has 0 bridgehead atoms. The number of likely N-dealkylation sites (tertiary alicyclic amines) is 1. The molecule has 0 radical (unpaired) electrons. The topological polar surface area (TPSA) is 356 Å². The Balaban J connectivity index is 1.22. The number of unbranched alkanes of at least 4 members (excludes halogenated alkanes) is 2. The number of carbonyl (C=O) groups excluding carboxylic acids is 11. The lowest BCUT2D eigenvalue weighted by Gasteiger charge is -2.40. The van der Waals surface area contributed by atoms with Gasteiger partial charge in [0.05, 0.1) is 13.0 Å². The molecule has 1 aromatic heterocycles. The molecule has 2 heterocycles. The molecule has 26 nitrogen and oxygen atoms in total. The lowest BCUT2D eigenvalue weighted by atomic mass is 9.80. The molecule has 3 aromatic rings.